The van der Waals surface area contributed by atoms with Gasteiger partial charge in [-0.15, -0.1) is 11.8 Å². The normalized spacial score (nSPS) is 13.3. The first-order valence-corrected chi connectivity index (χ1v) is 7.67. The zero-order valence-electron chi connectivity index (χ0n) is 12.2. The van der Waals surface area contributed by atoms with Gasteiger partial charge in [-0.1, -0.05) is 75.4 Å². The van der Waals surface area contributed by atoms with E-state index in [4.69, 9.17) is 0 Å². The summed E-state index contributed by atoms with van der Waals surface area (Å²) < 4.78 is 0.281. The van der Waals surface area contributed by atoms with Crippen molar-refractivity contribution in [3.63, 3.8) is 0 Å². The second kappa shape index (κ2) is 5.83. The van der Waals surface area contributed by atoms with Gasteiger partial charge in [0.15, 0.2) is 0 Å². The molecule has 0 amide bonds. The van der Waals surface area contributed by atoms with Crippen LogP contribution in [0.4, 0.5) is 0 Å². The molecule has 0 radical (unpaired) electrons. The molecule has 1 heteroatoms. The molecule has 1 unspecified atom stereocenters. The molecule has 0 N–H and O–H groups in total. The lowest BCUT2D eigenvalue weighted by Gasteiger charge is -2.25. The summed E-state index contributed by atoms with van der Waals surface area (Å²) in [6.07, 6.45) is 0. The lowest BCUT2D eigenvalue weighted by Crippen LogP contribution is -2.10. The van der Waals surface area contributed by atoms with E-state index in [0.29, 0.717) is 5.25 Å². The summed E-state index contributed by atoms with van der Waals surface area (Å²) in [5.41, 5.74) is 4.08. The highest BCUT2D eigenvalue weighted by Crippen LogP contribution is 2.41. The van der Waals surface area contributed by atoms with Gasteiger partial charge >= 0.3 is 0 Å². The first kappa shape index (κ1) is 14.2. The molecule has 0 saturated heterocycles. The molecule has 1 atom stereocenters. The molecule has 100 valence electrons. The molecule has 2 aromatic carbocycles. The van der Waals surface area contributed by atoms with Crippen molar-refractivity contribution >= 4 is 11.8 Å². The van der Waals surface area contributed by atoms with Gasteiger partial charge in [0.05, 0.1) is 0 Å². The minimum absolute atomic E-state index is 0.281. The average molecular weight is 270 g/mol. The minimum atomic E-state index is 0.281. The highest BCUT2D eigenvalue weighted by atomic mass is 32.2. The molecular weight excluding hydrogens is 248 g/mol. The van der Waals surface area contributed by atoms with Crippen molar-refractivity contribution in [2.24, 2.45) is 0 Å². The average Bonchev–Trinajstić information content (AvgIpc) is 2.38. The van der Waals surface area contributed by atoms with Crippen LogP contribution in [-0.4, -0.2) is 4.75 Å². The van der Waals surface area contributed by atoms with Gasteiger partial charge in [0.1, 0.15) is 0 Å². The fourth-order valence-corrected chi connectivity index (χ4v) is 3.72. The Hall–Kier alpha value is -1.21. The van der Waals surface area contributed by atoms with Crippen LogP contribution in [0.15, 0.2) is 54.6 Å². The molecule has 0 bridgehead atoms. The van der Waals surface area contributed by atoms with Gasteiger partial charge in [0, 0.05) is 10.00 Å². The summed E-state index contributed by atoms with van der Waals surface area (Å²) in [6.45, 7) is 9.13. The smallest absolute Gasteiger partial charge is 0.0280 e. The SMILES string of the molecule is CC(SC(C)(C)C)c1ccccc1-c1ccccc1. The maximum Gasteiger partial charge on any atom is 0.0280 e. The predicted molar refractivity (Wildman–Crippen MR) is 87.6 cm³/mol. The Balaban J connectivity index is 2.37. The van der Waals surface area contributed by atoms with Gasteiger partial charge in [-0.25, -0.2) is 0 Å². The van der Waals surface area contributed by atoms with E-state index in [2.05, 4.69) is 82.3 Å². The number of thioether (sulfide) groups is 1. The summed E-state index contributed by atoms with van der Waals surface area (Å²) in [6, 6.07) is 19.4. The number of hydrogen-bond donors (Lipinski definition) is 0. The van der Waals surface area contributed by atoms with Crippen LogP contribution in [0.1, 0.15) is 38.5 Å². The van der Waals surface area contributed by atoms with Crippen LogP contribution in [0.5, 0.6) is 0 Å². The highest BCUT2D eigenvalue weighted by molar-refractivity contribution is 8.00. The Labute approximate surface area is 121 Å². The molecule has 0 aliphatic rings. The van der Waals surface area contributed by atoms with Crippen LogP contribution < -0.4 is 0 Å². The van der Waals surface area contributed by atoms with Crippen molar-refractivity contribution in [3.8, 4) is 11.1 Å². The standard InChI is InChI=1S/C18H22S/c1-14(19-18(2,3)4)16-12-8-9-13-17(16)15-10-6-5-7-11-15/h5-14H,1-4H3. The molecule has 0 fully saturated rings. The molecule has 0 spiro atoms. The molecule has 0 aliphatic heterocycles. The third-order valence-corrected chi connectivity index (χ3v) is 4.33. The fraction of sp³-hybridized carbons (Fsp3) is 0.333. The summed E-state index contributed by atoms with van der Waals surface area (Å²) in [7, 11) is 0. The van der Waals surface area contributed by atoms with Crippen molar-refractivity contribution in [3.05, 3.63) is 60.2 Å². The second-order valence-corrected chi connectivity index (χ2v) is 7.99. The van der Waals surface area contributed by atoms with Gasteiger partial charge in [0.2, 0.25) is 0 Å². The molecular formula is C18H22S. The first-order chi connectivity index (χ1) is 8.97. The quantitative estimate of drug-likeness (QED) is 0.664. The fourth-order valence-electron chi connectivity index (χ4n) is 2.33. The third kappa shape index (κ3) is 3.87. The summed E-state index contributed by atoms with van der Waals surface area (Å²) in [5, 5.41) is 0.497. The topological polar surface area (TPSA) is 0 Å². The van der Waals surface area contributed by atoms with Crippen LogP contribution in [0, 0.1) is 0 Å². The van der Waals surface area contributed by atoms with Gasteiger partial charge in [-0.2, -0.15) is 0 Å². The van der Waals surface area contributed by atoms with E-state index in [9.17, 15) is 0 Å². The molecule has 0 aliphatic carbocycles. The largest absolute Gasteiger partial charge is 0.148 e. The Morgan fingerprint density at radius 1 is 0.842 bits per heavy atom. The summed E-state index contributed by atoms with van der Waals surface area (Å²) in [5.74, 6) is 0. The van der Waals surface area contributed by atoms with E-state index in [-0.39, 0.29) is 4.75 Å². The lowest BCUT2D eigenvalue weighted by atomic mass is 9.98. The minimum Gasteiger partial charge on any atom is -0.148 e. The van der Waals surface area contributed by atoms with Gasteiger partial charge in [-0.3, -0.25) is 0 Å². The molecule has 0 aromatic heterocycles. The van der Waals surface area contributed by atoms with Crippen molar-refractivity contribution in [1.29, 1.82) is 0 Å². The third-order valence-electron chi connectivity index (χ3n) is 3.01. The molecule has 2 rings (SSSR count). The molecule has 19 heavy (non-hydrogen) atoms. The number of rotatable bonds is 3. The van der Waals surface area contributed by atoms with Crippen molar-refractivity contribution < 1.29 is 0 Å². The zero-order valence-corrected chi connectivity index (χ0v) is 13.0. The van der Waals surface area contributed by atoms with Crippen molar-refractivity contribution in [1.82, 2.24) is 0 Å². The van der Waals surface area contributed by atoms with Crippen molar-refractivity contribution in [2.45, 2.75) is 37.7 Å². The van der Waals surface area contributed by atoms with E-state index < -0.39 is 0 Å². The Bertz CT molecular complexity index is 523. The summed E-state index contributed by atoms with van der Waals surface area (Å²) in [4.78, 5) is 0. The van der Waals surface area contributed by atoms with Crippen LogP contribution in [0.3, 0.4) is 0 Å². The second-order valence-electron chi connectivity index (χ2n) is 5.83. The highest BCUT2D eigenvalue weighted by Gasteiger charge is 2.19. The first-order valence-electron chi connectivity index (χ1n) is 6.79. The number of hydrogen-bond acceptors (Lipinski definition) is 1. The van der Waals surface area contributed by atoms with Crippen LogP contribution >= 0.6 is 11.8 Å². The van der Waals surface area contributed by atoms with E-state index >= 15 is 0 Å². The summed E-state index contributed by atoms with van der Waals surface area (Å²) >= 11 is 2.02. The monoisotopic (exact) mass is 270 g/mol. The maximum absolute atomic E-state index is 2.30. The van der Waals surface area contributed by atoms with Crippen LogP contribution in [0.25, 0.3) is 11.1 Å². The predicted octanol–water partition coefficient (Wildman–Crippen LogP) is 5.95. The van der Waals surface area contributed by atoms with E-state index in [1.165, 1.54) is 16.7 Å². The van der Waals surface area contributed by atoms with Gasteiger partial charge in [0.25, 0.3) is 0 Å². The van der Waals surface area contributed by atoms with Gasteiger partial charge in [-0.05, 0) is 23.6 Å². The molecule has 0 saturated carbocycles. The molecule has 2 aromatic rings. The molecule has 0 heterocycles. The molecule has 0 nitrogen and oxygen atoms in total. The Morgan fingerprint density at radius 3 is 2.05 bits per heavy atom. The van der Waals surface area contributed by atoms with E-state index in [1.807, 2.05) is 11.8 Å². The van der Waals surface area contributed by atoms with E-state index in [1.54, 1.807) is 0 Å². The van der Waals surface area contributed by atoms with Crippen molar-refractivity contribution in [2.75, 3.05) is 0 Å². The number of benzene rings is 2. The Kier molecular flexibility index (Phi) is 4.36. The Morgan fingerprint density at radius 2 is 1.42 bits per heavy atom. The van der Waals surface area contributed by atoms with Gasteiger partial charge < -0.3 is 0 Å². The van der Waals surface area contributed by atoms with Crippen LogP contribution in [-0.2, 0) is 0 Å². The maximum atomic E-state index is 2.30. The lowest BCUT2D eigenvalue weighted by molar-refractivity contribution is 0.794. The van der Waals surface area contributed by atoms with E-state index in [0.717, 1.165) is 0 Å². The zero-order chi connectivity index (χ0) is 13.9. The van der Waals surface area contributed by atoms with Crippen LogP contribution in [0.2, 0.25) is 0 Å².